The van der Waals surface area contributed by atoms with Crippen LogP contribution in [0.4, 0.5) is 4.79 Å². The Bertz CT molecular complexity index is 326. The summed E-state index contributed by atoms with van der Waals surface area (Å²) in [5, 5.41) is 11.8. The van der Waals surface area contributed by atoms with E-state index in [9.17, 15) is 9.59 Å². The van der Waals surface area contributed by atoms with Crippen molar-refractivity contribution < 1.29 is 24.2 Å². The molecule has 1 rings (SSSR count). The van der Waals surface area contributed by atoms with Crippen molar-refractivity contribution >= 4 is 12.1 Å². The molecular weight excluding hydrogens is 250 g/mol. The Morgan fingerprint density at radius 3 is 2.58 bits per heavy atom. The molecule has 0 aromatic carbocycles. The molecule has 1 saturated heterocycles. The minimum Gasteiger partial charge on any atom is -0.481 e. The zero-order valence-electron chi connectivity index (χ0n) is 11.8. The van der Waals surface area contributed by atoms with Crippen LogP contribution in [-0.4, -0.2) is 41.5 Å². The molecule has 1 fully saturated rings. The van der Waals surface area contributed by atoms with E-state index in [1.807, 2.05) is 0 Å². The average molecular weight is 273 g/mol. The van der Waals surface area contributed by atoms with Gasteiger partial charge in [0.15, 0.2) is 0 Å². The first-order valence-corrected chi connectivity index (χ1v) is 6.53. The smallest absolute Gasteiger partial charge is 0.408 e. The second-order valence-corrected chi connectivity index (χ2v) is 5.94. The van der Waals surface area contributed by atoms with E-state index in [1.54, 1.807) is 20.8 Å². The summed E-state index contributed by atoms with van der Waals surface area (Å²) in [5.41, 5.74) is -1.37. The van der Waals surface area contributed by atoms with Crippen LogP contribution >= 0.6 is 0 Å². The Balaban J connectivity index is 2.73. The zero-order chi connectivity index (χ0) is 14.5. The number of aliphatic carboxylic acids is 1. The van der Waals surface area contributed by atoms with E-state index in [-0.39, 0.29) is 6.42 Å². The van der Waals surface area contributed by atoms with Crippen LogP contribution in [0.1, 0.15) is 46.5 Å². The maximum Gasteiger partial charge on any atom is 0.408 e. The summed E-state index contributed by atoms with van der Waals surface area (Å²) in [6.07, 6.45) is 1.10. The summed E-state index contributed by atoms with van der Waals surface area (Å²) < 4.78 is 10.5. The molecule has 0 aliphatic carbocycles. The number of hydrogen-bond acceptors (Lipinski definition) is 4. The van der Waals surface area contributed by atoms with Crippen LogP contribution in [0, 0.1) is 0 Å². The number of hydrogen-bond donors (Lipinski definition) is 2. The molecule has 1 aliphatic rings. The van der Waals surface area contributed by atoms with Crippen LogP contribution in [0.25, 0.3) is 0 Å². The summed E-state index contributed by atoms with van der Waals surface area (Å²) in [6, 6.07) is 0. The Morgan fingerprint density at radius 2 is 2.00 bits per heavy atom. The first kappa shape index (κ1) is 15.8. The summed E-state index contributed by atoms with van der Waals surface area (Å²) in [4.78, 5) is 22.9. The van der Waals surface area contributed by atoms with Gasteiger partial charge in [0.1, 0.15) is 5.60 Å². The molecular formula is C13H23NO5. The lowest BCUT2D eigenvalue weighted by Crippen LogP contribution is -2.51. The standard InChI is InChI=1S/C13H23NO5/c1-12(2,3)19-11(17)14-13(9-10(15)16)5-4-7-18-8-6-13/h4-9H2,1-3H3,(H,14,17)(H,15,16). The van der Waals surface area contributed by atoms with Gasteiger partial charge in [0.05, 0.1) is 12.0 Å². The summed E-state index contributed by atoms with van der Waals surface area (Å²) >= 11 is 0. The van der Waals surface area contributed by atoms with Gasteiger partial charge in [-0.05, 0) is 40.0 Å². The molecule has 0 radical (unpaired) electrons. The molecule has 0 bridgehead atoms. The minimum absolute atomic E-state index is 0.115. The maximum atomic E-state index is 11.9. The molecule has 110 valence electrons. The fourth-order valence-electron chi connectivity index (χ4n) is 2.16. The molecule has 1 atom stereocenters. The van der Waals surface area contributed by atoms with Crippen molar-refractivity contribution in [1.29, 1.82) is 0 Å². The molecule has 2 N–H and O–H groups in total. The van der Waals surface area contributed by atoms with Gasteiger partial charge in [-0.15, -0.1) is 0 Å². The summed E-state index contributed by atoms with van der Waals surface area (Å²) in [6.45, 7) is 6.35. The normalized spacial score (nSPS) is 24.4. The first-order chi connectivity index (χ1) is 8.72. The SMILES string of the molecule is CC(C)(C)OC(=O)NC1(CC(=O)O)CCCOCC1. The molecule has 0 aromatic rings. The third-order valence-electron chi connectivity index (χ3n) is 2.92. The topological polar surface area (TPSA) is 84.9 Å². The largest absolute Gasteiger partial charge is 0.481 e. The fourth-order valence-corrected chi connectivity index (χ4v) is 2.16. The number of carbonyl (C=O) groups is 2. The highest BCUT2D eigenvalue weighted by atomic mass is 16.6. The number of ether oxygens (including phenoxy) is 2. The van der Waals surface area contributed by atoms with Gasteiger partial charge < -0.3 is 19.9 Å². The number of carboxylic acids is 1. The number of rotatable bonds is 3. The van der Waals surface area contributed by atoms with Gasteiger partial charge in [-0.3, -0.25) is 4.79 Å². The van der Waals surface area contributed by atoms with Crippen molar-refractivity contribution in [2.24, 2.45) is 0 Å². The highest BCUT2D eigenvalue weighted by Gasteiger charge is 2.36. The third-order valence-corrected chi connectivity index (χ3v) is 2.92. The molecule has 19 heavy (non-hydrogen) atoms. The van der Waals surface area contributed by atoms with Crippen LogP contribution in [-0.2, 0) is 14.3 Å². The van der Waals surface area contributed by atoms with E-state index in [0.717, 1.165) is 6.42 Å². The second kappa shape index (κ2) is 6.23. The van der Waals surface area contributed by atoms with Crippen LogP contribution in [0.2, 0.25) is 0 Å². The van der Waals surface area contributed by atoms with Gasteiger partial charge in [-0.25, -0.2) is 4.79 Å². The van der Waals surface area contributed by atoms with Gasteiger partial charge >= 0.3 is 12.1 Å². The van der Waals surface area contributed by atoms with Gasteiger partial charge in [0.2, 0.25) is 0 Å². The third kappa shape index (κ3) is 5.92. The lowest BCUT2D eigenvalue weighted by Gasteiger charge is -2.33. The van der Waals surface area contributed by atoms with Crippen molar-refractivity contribution in [3.05, 3.63) is 0 Å². The average Bonchev–Trinajstić information content (AvgIpc) is 2.39. The molecule has 1 heterocycles. The van der Waals surface area contributed by atoms with Crippen molar-refractivity contribution in [3.8, 4) is 0 Å². The lowest BCUT2D eigenvalue weighted by molar-refractivity contribution is -0.138. The molecule has 1 amide bonds. The molecule has 0 aromatic heterocycles. The van der Waals surface area contributed by atoms with Crippen molar-refractivity contribution in [2.45, 2.75) is 57.6 Å². The number of carbonyl (C=O) groups excluding carboxylic acids is 1. The van der Waals surface area contributed by atoms with Crippen LogP contribution in [0.3, 0.4) is 0 Å². The fraction of sp³-hybridized carbons (Fsp3) is 0.846. The lowest BCUT2D eigenvalue weighted by atomic mass is 9.87. The Labute approximate surface area is 113 Å². The molecule has 1 aliphatic heterocycles. The van der Waals surface area contributed by atoms with E-state index in [0.29, 0.717) is 26.1 Å². The Kier molecular flexibility index (Phi) is 5.17. The predicted octanol–water partition coefficient (Wildman–Crippen LogP) is 1.93. The summed E-state index contributed by atoms with van der Waals surface area (Å²) in [7, 11) is 0. The molecule has 6 nitrogen and oxygen atoms in total. The number of nitrogens with one attached hydrogen (secondary N) is 1. The Morgan fingerprint density at radius 1 is 1.32 bits per heavy atom. The Hall–Kier alpha value is -1.30. The predicted molar refractivity (Wildman–Crippen MR) is 69.0 cm³/mol. The van der Waals surface area contributed by atoms with Gasteiger partial charge in [0, 0.05) is 13.2 Å². The van der Waals surface area contributed by atoms with E-state index in [4.69, 9.17) is 14.6 Å². The molecule has 0 spiro atoms. The monoisotopic (exact) mass is 273 g/mol. The van der Waals surface area contributed by atoms with E-state index < -0.39 is 23.2 Å². The number of alkyl carbamates (subject to hydrolysis) is 1. The molecule has 6 heteroatoms. The molecule has 1 unspecified atom stereocenters. The minimum atomic E-state index is -0.932. The van der Waals surface area contributed by atoms with Crippen LogP contribution < -0.4 is 5.32 Å². The van der Waals surface area contributed by atoms with E-state index >= 15 is 0 Å². The maximum absolute atomic E-state index is 11.9. The summed E-state index contributed by atoms with van der Waals surface area (Å²) in [5.74, 6) is -0.932. The zero-order valence-corrected chi connectivity index (χ0v) is 11.8. The van der Waals surface area contributed by atoms with Gasteiger partial charge in [0.25, 0.3) is 0 Å². The number of amides is 1. The van der Waals surface area contributed by atoms with Gasteiger partial charge in [-0.2, -0.15) is 0 Å². The first-order valence-electron chi connectivity index (χ1n) is 6.53. The van der Waals surface area contributed by atoms with Crippen molar-refractivity contribution in [3.63, 3.8) is 0 Å². The second-order valence-electron chi connectivity index (χ2n) is 5.94. The quantitative estimate of drug-likeness (QED) is 0.820. The molecule has 0 saturated carbocycles. The van der Waals surface area contributed by atoms with Crippen LogP contribution in [0.15, 0.2) is 0 Å². The van der Waals surface area contributed by atoms with Crippen LogP contribution in [0.5, 0.6) is 0 Å². The van der Waals surface area contributed by atoms with Crippen molar-refractivity contribution in [2.75, 3.05) is 13.2 Å². The highest BCUT2D eigenvalue weighted by molar-refractivity contribution is 5.73. The van der Waals surface area contributed by atoms with Crippen molar-refractivity contribution in [1.82, 2.24) is 5.32 Å². The van der Waals surface area contributed by atoms with Gasteiger partial charge in [-0.1, -0.05) is 0 Å². The van der Waals surface area contributed by atoms with E-state index in [2.05, 4.69) is 5.32 Å². The van der Waals surface area contributed by atoms with E-state index in [1.165, 1.54) is 0 Å². The highest BCUT2D eigenvalue weighted by Crippen LogP contribution is 2.26. The number of carboxylic acid groups (broad SMARTS) is 1.